The SMILES string of the molecule is O=C(Nc1cc(Cl)cc(Cl)c1)O[C@H]1CCCNC1. The van der Waals surface area contributed by atoms with Crippen molar-refractivity contribution in [3.8, 4) is 0 Å². The van der Waals surface area contributed by atoms with Crippen LogP contribution in [0.3, 0.4) is 0 Å². The molecule has 2 rings (SSSR count). The van der Waals surface area contributed by atoms with Crippen molar-refractivity contribution in [1.82, 2.24) is 5.32 Å². The predicted molar refractivity (Wildman–Crippen MR) is 72.5 cm³/mol. The molecule has 0 aliphatic carbocycles. The smallest absolute Gasteiger partial charge is 0.411 e. The number of hydrogen-bond donors (Lipinski definition) is 2. The number of benzene rings is 1. The van der Waals surface area contributed by atoms with E-state index in [-0.39, 0.29) is 6.10 Å². The molecular formula is C12H14Cl2N2O2. The van der Waals surface area contributed by atoms with Crippen molar-refractivity contribution < 1.29 is 9.53 Å². The Hall–Kier alpha value is -0.970. The highest BCUT2D eigenvalue weighted by Crippen LogP contribution is 2.22. The Kier molecular flexibility index (Phi) is 4.69. The van der Waals surface area contributed by atoms with Gasteiger partial charge >= 0.3 is 6.09 Å². The summed E-state index contributed by atoms with van der Waals surface area (Å²) in [6.45, 7) is 1.68. The van der Waals surface area contributed by atoms with E-state index in [9.17, 15) is 4.79 Å². The Bertz CT molecular complexity index is 414. The molecule has 1 saturated heterocycles. The molecule has 0 saturated carbocycles. The molecule has 0 bridgehead atoms. The van der Waals surface area contributed by atoms with Crippen LogP contribution in [0.5, 0.6) is 0 Å². The summed E-state index contributed by atoms with van der Waals surface area (Å²) in [5, 5.41) is 6.73. The first-order valence-electron chi connectivity index (χ1n) is 5.78. The summed E-state index contributed by atoms with van der Waals surface area (Å²) >= 11 is 11.7. The van der Waals surface area contributed by atoms with Crippen LogP contribution >= 0.6 is 23.2 Å². The molecule has 1 aromatic carbocycles. The Balaban J connectivity index is 1.89. The Morgan fingerprint density at radius 2 is 2.06 bits per heavy atom. The molecule has 18 heavy (non-hydrogen) atoms. The lowest BCUT2D eigenvalue weighted by Gasteiger charge is -2.22. The zero-order valence-corrected chi connectivity index (χ0v) is 11.2. The fourth-order valence-electron chi connectivity index (χ4n) is 1.85. The van der Waals surface area contributed by atoms with Crippen LogP contribution in [0.1, 0.15) is 12.8 Å². The molecule has 1 heterocycles. The number of amides is 1. The lowest BCUT2D eigenvalue weighted by atomic mass is 10.1. The van der Waals surface area contributed by atoms with Crippen molar-refractivity contribution in [3.63, 3.8) is 0 Å². The van der Waals surface area contributed by atoms with Gasteiger partial charge in [0, 0.05) is 22.3 Å². The van der Waals surface area contributed by atoms with Crippen molar-refractivity contribution in [2.75, 3.05) is 18.4 Å². The van der Waals surface area contributed by atoms with E-state index in [1.54, 1.807) is 18.2 Å². The predicted octanol–water partition coefficient (Wildman–Crippen LogP) is 3.29. The van der Waals surface area contributed by atoms with Gasteiger partial charge in [-0.15, -0.1) is 0 Å². The van der Waals surface area contributed by atoms with Gasteiger partial charge in [-0.2, -0.15) is 0 Å². The van der Waals surface area contributed by atoms with Gasteiger partial charge in [0.05, 0.1) is 0 Å². The zero-order chi connectivity index (χ0) is 13.0. The highest BCUT2D eigenvalue weighted by Gasteiger charge is 2.17. The second-order valence-electron chi connectivity index (χ2n) is 4.16. The van der Waals surface area contributed by atoms with Crippen molar-refractivity contribution in [1.29, 1.82) is 0 Å². The summed E-state index contributed by atoms with van der Waals surface area (Å²) in [6, 6.07) is 4.84. The second-order valence-corrected chi connectivity index (χ2v) is 5.03. The first-order valence-corrected chi connectivity index (χ1v) is 6.53. The second kappa shape index (κ2) is 6.27. The maximum atomic E-state index is 11.7. The monoisotopic (exact) mass is 288 g/mol. The zero-order valence-electron chi connectivity index (χ0n) is 9.71. The summed E-state index contributed by atoms with van der Waals surface area (Å²) in [7, 11) is 0. The number of carbonyl (C=O) groups is 1. The van der Waals surface area contributed by atoms with E-state index in [2.05, 4.69) is 10.6 Å². The quantitative estimate of drug-likeness (QED) is 0.878. The number of rotatable bonds is 2. The van der Waals surface area contributed by atoms with Crippen LogP contribution in [0.15, 0.2) is 18.2 Å². The number of hydrogen-bond acceptors (Lipinski definition) is 3. The van der Waals surface area contributed by atoms with E-state index < -0.39 is 6.09 Å². The number of nitrogens with one attached hydrogen (secondary N) is 2. The molecule has 1 amide bonds. The Morgan fingerprint density at radius 3 is 2.67 bits per heavy atom. The van der Waals surface area contributed by atoms with Gasteiger partial charge < -0.3 is 10.1 Å². The minimum absolute atomic E-state index is 0.0755. The highest BCUT2D eigenvalue weighted by atomic mass is 35.5. The van der Waals surface area contributed by atoms with Crippen LogP contribution in [-0.2, 0) is 4.74 Å². The summed E-state index contributed by atoms with van der Waals surface area (Å²) in [5.41, 5.74) is 0.529. The minimum Gasteiger partial charge on any atom is -0.445 e. The van der Waals surface area contributed by atoms with E-state index in [4.69, 9.17) is 27.9 Å². The van der Waals surface area contributed by atoms with Gasteiger partial charge in [-0.3, -0.25) is 5.32 Å². The van der Waals surface area contributed by atoms with Gasteiger partial charge in [0.1, 0.15) is 6.10 Å². The molecule has 1 aliphatic heterocycles. The fraction of sp³-hybridized carbons (Fsp3) is 0.417. The topological polar surface area (TPSA) is 50.4 Å². The van der Waals surface area contributed by atoms with E-state index in [1.807, 2.05) is 0 Å². The van der Waals surface area contributed by atoms with Crippen molar-refractivity contribution >= 4 is 35.0 Å². The lowest BCUT2D eigenvalue weighted by Crippen LogP contribution is -2.37. The Morgan fingerprint density at radius 1 is 1.33 bits per heavy atom. The van der Waals surface area contributed by atoms with Crippen LogP contribution in [-0.4, -0.2) is 25.3 Å². The third kappa shape index (κ3) is 4.05. The Labute approximate surface area is 116 Å². The van der Waals surface area contributed by atoms with E-state index in [0.29, 0.717) is 22.3 Å². The van der Waals surface area contributed by atoms with Gasteiger partial charge in [-0.05, 0) is 37.6 Å². The van der Waals surface area contributed by atoms with Gasteiger partial charge in [-0.25, -0.2) is 4.79 Å². The first-order chi connectivity index (χ1) is 8.63. The molecule has 4 nitrogen and oxygen atoms in total. The van der Waals surface area contributed by atoms with Crippen LogP contribution in [0.25, 0.3) is 0 Å². The molecule has 0 unspecified atom stereocenters. The molecule has 2 N–H and O–H groups in total. The number of carbonyl (C=O) groups excluding carboxylic acids is 1. The number of piperidine rings is 1. The summed E-state index contributed by atoms with van der Waals surface area (Å²) < 4.78 is 5.28. The summed E-state index contributed by atoms with van der Waals surface area (Å²) in [5.74, 6) is 0. The van der Waals surface area contributed by atoms with E-state index >= 15 is 0 Å². The molecule has 0 radical (unpaired) electrons. The molecule has 6 heteroatoms. The maximum Gasteiger partial charge on any atom is 0.411 e. The molecule has 1 aromatic rings. The van der Waals surface area contributed by atoms with Gasteiger partial charge in [0.2, 0.25) is 0 Å². The van der Waals surface area contributed by atoms with E-state index in [0.717, 1.165) is 19.4 Å². The first kappa shape index (κ1) is 13.5. The maximum absolute atomic E-state index is 11.7. The van der Waals surface area contributed by atoms with Crippen LogP contribution in [0.4, 0.5) is 10.5 Å². The normalized spacial score (nSPS) is 19.3. The lowest BCUT2D eigenvalue weighted by molar-refractivity contribution is 0.0941. The minimum atomic E-state index is -0.484. The molecule has 0 spiro atoms. The van der Waals surface area contributed by atoms with Crippen molar-refractivity contribution in [2.24, 2.45) is 0 Å². The highest BCUT2D eigenvalue weighted by molar-refractivity contribution is 6.35. The average Bonchev–Trinajstić information content (AvgIpc) is 2.28. The number of anilines is 1. The standard InChI is InChI=1S/C12H14Cl2N2O2/c13-8-4-9(14)6-10(5-8)16-12(17)18-11-2-1-3-15-7-11/h4-6,11,15H,1-3,7H2,(H,16,17)/t11-/m0/s1. The molecule has 98 valence electrons. The largest absolute Gasteiger partial charge is 0.445 e. The van der Waals surface area contributed by atoms with Crippen LogP contribution < -0.4 is 10.6 Å². The number of ether oxygens (including phenoxy) is 1. The molecule has 1 atom stereocenters. The van der Waals surface area contributed by atoms with Gasteiger partial charge in [0.15, 0.2) is 0 Å². The fourth-order valence-corrected chi connectivity index (χ4v) is 2.37. The molecule has 0 aromatic heterocycles. The van der Waals surface area contributed by atoms with Gasteiger partial charge in [0.25, 0.3) is 0 Å². The van der Waals surface area contributed by atoms with Crippen molar-refractivity contribution in [2.45, 2.75) is 18.9 Å². The van der Waals surface area contributed by atoms with Crippen molar-refractivity contribution in [3.05, 3.63) is 28.2 Å². The molecule has 1 fully saturated rings. The third-order valence-corrected chi connectivity index (χ3v) is 3.07. The van der Waals surface area contributed by atoms with Gasteiger partial charge in [-0.1, -0.05) is 23.2 Å². The van der Waals surface area contributed by atoms with Crippen LogP contribution in [0, 0.1) is 0 Å². The van der Waals surface area contributed by atoms with Crippen LogP contribution in [0.2, 0.25) is 10.0 Å². The average molecular weight is 289 g/mol. The number of halogens is 2. The third-order valence-electron chi connectivity index (χ3n) is 2.63. The molecular weight excluding hydrogens is 275 g/mol. The summed E-state index contributed by atoms with van der Waals surface area (Å²) in [4.78, 5) is 11.7. The summed E-state index contributed by atoms with van der Waals surface area (Å²) in [6.07, 6.45) is 1.34. The molecule has 1 aliphatic rings. The van der Waals surface area contributed by atoms with E-state index in [1.165, 1.54) is 0 Å².